The van der Waals surface area contributed by atoms with Gasteiger partial charge in [0.05, 0.1) is 14.2 Å². The van der Waals surface area contributed by atoms with Gasteiger partial charge in [0.1, 0.15) is 11.5 Å². The van der Waals surface area contributed by atoms with Crippen LogP contribution in [0.5, 0.6) is 11.5 Å². The van der Waals surface area contributed by atoms with Gasteiger partial charge in [0.15, 0.2) is 0 Å². The Morgan fingerprint density at radius 3 is 2.59 bits per heavy atom. The first-order chi connectivity index (χ1) is 8.08. The van der Waals surface area contributed by atoms with Crippen molar-refractivity contribution in [2.24, 2.45) is 5.73 Å². The van der Waals surface area contributed by atoms with E-state index in [4.69, 9.17) is 15.2 Å². The highest BCUT2D eigenvalue weighted by molar-refractivity contribution is 5.42. The van der Waals surface area contributed by atoms with E-state index in [2.05, 4.69) is 6.58 Å². The number of allylic oxidation sites excluding steroid dienone is 1. The van der Waals surface area contributed by atoms with Crippen molar-refractivity contribution in [3.8, 4) is 11.5 Å². The minimum atomic E-state index is -0.0586. The predicted molar refractivity (Wildman–Crippen MR) is 70.5 cm³/mol. The van der Waals surface area contributed by atoms with E-state index in [-0.39, 0.29) is 6.04 Å². The van der Waals surface area contributed by atoms with Crippen molar-refractivity contribution >= 4 is 0 Å². The Balaban J connectivity index is 2.88. The third-order valence-electron chi connectivity index (χ3n) is 2.72. The molecule has 94 valence electrons. The zero-order chi connectivity index (χ0) is 12.8. The van der Waals surface area contributed by atoms with Crippen LogP contribution in [0, 0.1) is 0 Å². The molecule has 0 saturated carbocycles. The lowest BCUT2D eigenvalue weighted by atomic mass is 9.99. The molecular formula is C14H21NO2. The van der Waals surface area contributed by atoms with Crippen molar-refractivity contribution in [2.45, 2.75) is 25.8 Å². The Labute approximate surface area is 103 Å². The van der Waals surface area contributed by atoms with Gasteiger partial charge < -0.3 is 15.2 Å². The largest absolute Gasteiger partial charge is 0.497 e. The Kier molecular flexibility index (Phi) is 5.04. The second-order valence-electron chi connectivity index (χ2n) is 4.21. The standard InChI is InChI=1S/C14H21NO2/c1-10(2)5-7-13(15)12-9-11(16-3)6-8-14(12)17-4/h6,8-9,13H,1,5,7,15H2,2-4H3. The average Bonchev–Trinajstić information content (AvgIpc) is 2.34. The Morgan fingerprint density at radius 2 is 2.06 bits per heavy atom. The van der Waals surface area contributed by atoms with Gasteiger partial charge >= 0.3 is 0 Å². The van der Waals surface area contributed by atoms with Crippen LogP contribution in [0.3, 0.4) is 0 Å². The maximum Gasteiger partial charge on any atom is 0.123 e. The lowest BCUT2D eigenvalue weighted by Crippen LogP contribution is -2.11. The number of rotatable bonds is 6. The van der Waals surface area contributed by atoms with E-state index in [9.17, 15) is 0 Å². The first-order valence-electron chi connectivity index (χ1n) is 5.70. The molecule has 3 heteroatoms. The fraction of sp³-hybridized carbons (Fsp3) is 0.429. The summed E-state index contributed by atoms with van der Waals surface area (Å²) in [5.74, 6) is 1.60. The first-order valence-corrected chi connectivity index (χ1v) is 5.70. The van der Waals surface area contributed by atoms with Gasteiger partial charge in [-0.15, -0.1) is 6.58 Å². The molecule has 0 aliphatic carbocycles. The van der Waals surface area contributed by atoms with Crippen LogP contribution in [0.2, 0.25) is 0 Å². The van der Waals surface area contributed by atoms with Crippen molar-refractivity contribution in [2.75, 3.05) is 14.2 Å². The molecule has 0 saturated heterocycles. The quantitative estimate of drug-likeness (QED) is 0.771. The van der Waals surface area contributed by atoms with Crippen molar-refractivity contribution in [3.63, 3.8) is 0 Å². The van der Waals surface area contributed by atoms with E-state index in [1.807, 2.05) is 25.1 Å². The molecule has 0 heterocycles. The lowest BCUT2D eigenvalue weighted by molar-refractivity contribution is 0.394. The van der Waals surface area contributed by atoms with Crippen LogP contribution in [0.25, 0.3) is 0 Å². The SMILES string of the molecule is C=C(C)CCC(N)c1cc(OC)ccc1OC. The van der Waals surface area contributed by atoms with Gasteiger partial charge in [0.25, 0.3) is 0 Å². The Bertz CT molecular complexity index is 388. The normalized spacial score (nSPS) is 12.0. The zero-order valence-corrected chi connectivity index (χ0v) is 10.8. The maximum atomic E-state index is 6.17. The molecule has 17 heavy (non-hydrogen) atoms. The van der Waals surface area contributed by atoms with E-state index in [1.165, 1.54) is 0 Å². The number of ether oxygens (including phenoxy) is 2. The molecule has 0 fully saturated rings. The molecule has 1 unspecified atom stereocenters. The van der Waals surface area contributed by atoms with Gasteiger partial charge in [0, 0.05) is 11.6 Å². The van der Waals surface area contributed by atoms with Crippen LogP contribution in [0.4, 0.5) is 0 Å². The van der Waals surface area contributed by atoms with E-state index in [1.54, 1.807) is 14.2 Å². The molecule has 0 aromatic heterocycles. The molecular weight excluding hydrogens is 214 g/mol. The maximum absolute atomic E-state index is 6.17. The van der Waals surface area contributed by atoms with Gasteiger partial charge in [-0.25, -0.2) is 0 Å². The summed E-state index contributed by atoms with van der Waals surface area (Å²) in [7, 11) is 3.29. The summed E-state index contributed by atoms with van der Waals surface area (Å²) in [6, 6.07) is 5.63. The summed E-state index contributed by atoms with van der Waals surface area (Å²) in [4.78, 5) is 0. The highest BCUT2D eigenvalue weighted by Gasteiger charge is 2.13. The number of nitrogens with two attached hydrogens (primary N) is 1. The van der Waals surface area contributed by atoms with Crippen LogP contribution in [-0.4, -0.2) is 14.2 Å². The summed E-state index contributed by atoms with van der Waals surface area (Å²) < 4.78 is 10.5. The van der Waals surface area contributed by atoms with Gasteiger partial charge in [0.2, 0.25) is 0 Å². The lowest BCUT2D eigenvalue weighted by Gasteiger charge is -2.16. The number of hydrogen-bond acceptors (Lipinski definition) is 3. The van der Waals surface area contributed by atoms with Crippen LogP contribution < -0.4 is 15.2 Å². The first kappa shape index (κ1) is 13.6. The summed E-state index contributed by atoms with van der Waals surface area (Å²) in [6.45, 7) is 5.90. The summed E-state index contributed by atoms with van der Waals surface area (Å²) >= 11 is 0. The molecule has 3 nitrogen and oxygen atoms in total. The second kappa shape index (κ2) is 6.30. The molecule has 0 aliphatic heterocycles. The van der Waals surface area contributed by atoms with Crippen LogP contribution in [0.15, 0.2) is 30.4 Å². The minimum absolute atomic E-state index is 0.0586. The van der Waals surface area contributed by atoms with Crippen LogP contribution >= 0.6 is 0 Å². The highest BCUT2D eigenvalue weighted by atomic mass is 16.5. The van der Waals surface area contributed by atoms with Crippen LogP contribution in [0.1, 0.15) is 31.4 Å². The third-order valence-corrected chi connectivity index (χ3v) is 2.72. The molecule has 1 atom stereocenters. The van der Waals surface area contributed by atoms with Gasteiger partial charge in [-0.05, 0) is 38.0 Å². The Hall–Kier alpha value is -1.48. The smallest absolute Gasteiger partial charge is 0.123 e. The number of benzene rings is 1. The van der Waals surface area contributed by atoms with E-state index in [0.29, 0.717) is 0 Å². The van der Waals surface area contributed by atoms with E-state index >= 15 is 0 Å². The summed E-state index contributed by atoms with van der Waals surface area (Å²) in [5, 5.41) is 0. The predicted octanol–water partition coefficient (Wildman–Crippen LogP) is 3.06. The minimum Gasteiger partial charge on any atom is -0.497 e. The highest BCUT2D eigenvalue weighted by Crippen LogP contribution is 2.30. The molecule has 0 spiro atoms. The summed E-state index contributed by atoms with van der Waals surface area (Å²) in [6.07, 6.45) is 1.78. The average molecular weight is 235 g/mol. The molecule has 1 rings (SSSR count). The van der Waals surface area contributed by atoms with Crippen molar-refractivity contribution in [1.29, 1.82) is 0 Å². The van der Waals surface area contributed by atoms with Crippen LogP contribution in [-0.2, 0) is 0 Å². The van der Waals surface area contributed by atoms with Gasteiger partial charge in [-0.1, -0.05) is 5.57 Å². The molecule has 0 radical (unpaired) electrons. The molecule has 1 aromatic rings. The molecule has 1 aromatic carbocycles. The molecule has 2 N–H and O–H groups in total. The van der Waals surface area contributed by atoms with Gasteiger partial charge in [-0.3, -0.25) is 0 Å². The topological polar surface area (TPSA) is 44.5 Å². The summed E-state index contributed by atoms with van der Waals surface area (Å²) in [5.41, 5.74) is 8.29. The fourth-order valence-electron chi connectivity index (χ4n) is 1.69. The number of methoxy groups -OCH3 is 2. The van der Waals surface area contributed by atoms with Crippen molar-refractivity contribution in [1.82, 2.24) is 0 Å². The van der Waals surface area contributed by atoms with Gasteiger partial charge in [-0.2, -0.15) is 0 Å². The molecule has 0 aliphatic rings. The molecule has 0 bridgehead atoms. The van der Waals surface area contributed by atoms with E-state index < -0.39 is 0 Å². The fourth-order valence-corrected chi connectivity index (χ4v) is 1.69. The van der Waals surface area contributed by atoms with Crippen molar-refractivity contribution in [3.05, 3.63) is 35.9 Å². The zero-order valence-electron chi connectivity index (χ0n) is 10.8. The number of hydrogen-bond donors (Lipinski definition) is 1. The Morgan fingerprint density at radius 1 is 1.35 bits per heavy atom. The van der Waals surface area contributed by atoms with E-state index in [0.717, 1.165) is 35.5 Å². The monoisotopic (exact) mass is 235 g/mol. The second-order valence-corrected chi connectivity index (χ2v) is 4.21. The van der Waals surface area contributed by atoms with Crippen molar-refractivity contribution < 1.29 is 9.47 Å². The third kappa shape index (κ3) is 3.79. The molecule has 0 amide bonds.